The van der Waals surface area contributed by atoms with Crippen LogP contribution < -0.4 is 5.73 Å². The standard InChI is InChI=1S/C12H17N3O2/c1-14(2)12(15(3)4)10-6-5-8(13)7-9(10)11(16)17-12/h5-7H,13H2,1-4H3. The number of nitrogen functional groups attached to an aromatic ring is 1. The molecule has 0 radical (unpaired) electrons. The summed E-state index contributed by atoms with van der Waals surface area (Å²) in [7, 11) is 7.49. The Morgan fingerprint density at radius 3 is 2.29 bits per heavy atom. The molecule has 5 nitrogen and oxygen atoms in total. The van der Waals surface area contributed by atoms with Gasteiger partial charge in [0.05, 0.1) is 5.56 Å². The zero-order valence-electron chi connectivity index (χ0n) is 10.5. The highest BCUT2D eigenvalue weighted by molar-refractivity contribution is 5.95. The third-order valence-electron chi connectivity index (χ3n) is 3.06. The maximum Gasteiger partial charge on any atom is 0.341 e. The van der Waals surface area contributed by atoms with E-state index in [1.54, 1.807) is 12.1 Å². The average molecular weight is 235 g/mol. The number of carbonyl (C=O) groups excluding carboxylic acids is 1. The number of anilines is 1. The van der Waals surface area contributed by atoms with Crippen molar-refractivity contribution in [3.63, 3.8) is 0 Å². The lowest BCUT2D eigenvalue weighted by atomic mass is 10.0. The van der Waals surface area contributed by atoms with Crippen LogP contribution in [0.5, 0.6) is 0 Å². The number of fused-ring (bicyclic) bond motifs is 1. The predicted octanol–water partition coefficient (Wildman–Crippen LogP) is 0.673. The van der Waals surface area contributed by atoms with E-state index in [4.69, 9.17) is 10.5 Å². The fourth-order valence-electron chi connectivity index (χ4n) is 2.32. The minimum absolute atomic E-state index is 0.338. The number of esters is 1. The summed E-state index contributed by atoms with van der Waals surface area (Å²) in [6.07, 6.45) is 0. The van der Waals surface area contributed by atoms with Crippen LogP contribution in [-0.4, -0.2) is 44.0 Å². The van der Waals surface area contributed by atoms with Gasteiger partial charge in [-0.15, -0.1) is 0 Å². The molecule has 0 bridgehead atoms. The van der Waals surface area contributed by atoms with Crippen LogP contribution in [0.15, 0.2) is 18.2 Å². The van der Waals surface area contributed by atoms with Crippen molar-refractivity contribution in [2.45, 2.75) is 5.85 Å². The molecule has 0 saturated heterocycles. The Morgan fingerprint density at radius 2 is 1.76 bits per heavy atom. The minimum Gasteiger partial charge on any atom is -0.422 e. The van der Waals surface area contributed by atoms with E-state index in [9.17, 15) is 4.79 Å². The lowest BCUT2D eigenvalue weighted by molar-refractivity contribution is -0.183. The second-order valence-electron chi connectivity index (χ2n) is 4.59. The molecule has 2 rings (SSSR count). The molecule has 0 aromatic heterocycles. The van der Waals surface area contributed by atoms with Gasteiger partial charge in [-0.25, -0.2) is 4.79 Å². The molecule has 92 valence electrons. The van der Waals surface area contributed by atoms with Crippen LogP contribution in [0.1, 0.15) is 15.9 Å². The number of nitrogens with zero attached hydrogens (tertiary/aromatic N) is 2. The second-order valence-corrected chi connectivity index (χ2v) is 4.59. The second kappa shape index (κ2) is 3.72. The number of carbonyl (C=O) groups is 1. The van der Waals surface area contributed by atoms with Crippen LogP contribution in [0.3, 0.4) is 0 Å². The molecule has 1 aromatic rings. The van der Waals surface area contributed by atoms with Gasteiger partial charge in [0.1, 0.15) is 0 Å². The van der Waals surface area contributed by atoms with Gasteiger partial charge in [-0.3, -0.25) is 9.80 Å². The first kappa shape index (κ1) is 11.9. The molecule has 0 aliphatic carbocycles. The molecule has 0 fully saturated rings. The third-order valence-corrected chi connectivity index (χ3v) is 3.06. The fourth-order valence-corrected chi connectivity index (χ4v) is 2.32. The summed E-state index contributed by atoms with van der Waals surface area (Å²) >= 11 is 0. The van der Waals surface area contributed by atoms with E-state index >= 15 is 0 Å². The van der Waals surface area contributed by atoms with E-state index in [2.05, 4.69) is 0 Å². The van der Waals surface area contributed by atoms with Gasteiger partial charge in [0.2, 0.25) is 0 Å². The van der Waals surface area contributed by atoms with E-state index in [-0.39, 0.29) is 5.97 Å². The summed E-state index contributed by atoms with van der Waals surface area (Å²) in [6, 6.07) is 5.28. The fraction of sp³-hybridized carbons (Fsp3) is 0.417. The van der Waals surface area contributed by atoms with Crippen LogP contribution in [0, 0.1) is 0 Å². The highest BCUT2D eigenvalue weighted by Crippen LogP contribution is 2.40. The van der Waals surface area contributed by atoms with Crippen molar-refractivity contribution < 1.29 is 9.53 Å². The van der Waals surface area contributed by atoms with Crippen molar-refractivity contribution in [3.8, 4) is 0 Å². The van der Waals surface area contributed by atoms with E-state index < -0.39 is 5.85 Å². The van der Waals surface area contributed by atoms with Crippen LogP contribution in [-0.2, 0) is 10.6 Å². The Hall–Kier alpha value is -1.59. The largest absolute Gasteiger partial charge is 0.422 e. The first-order valence-corrected chi connectivity index (χ1v) is 5.38. The van der Waals surface area contributed by atoms with Crippen LogP contribution >= 0.6 is 0 Å². The average Bonchev–Trinajstić information content (AvgIpc) is 2.53. The van der Waals surface area contributed by atoms with Crippen molar-refractivity contribution in [2.24, 2.45) is 0 Å². The van der Waals surface area contributed by atoms with Crippen molar-refractivity contribution >= 4 is 11.7 Å². The Labute approximate surface area is 101 Å². The van der Waals surface area contributed by atoms with Gasteiger partial charge >= 0.3 is 5.97 Å². The minimum atomic E-state index is -0.847. The number of hydrogen-bond donors (Lipinski definition) is 1. The monoisotopic (exact) mass is 235 g/mol. The summed E-state index contributed by atoms with van der Waals surface area (Å²) in [5.74, 6) is -1.19. The summed E-state index contributed by atoms with van der Waals surface area (Å²) in [5, 5.41) is 0. The molecule has 2 N–H and O–H groups in total. The number of hydrogen-bond acceptors (Lipinski definition) is 5. The predicted molar refractivity (Wildman–Crippen MR) is 65.3 cm³/mol. The number of ether oxygens (including phenoxy) is 1. The molecule has 0 atom stereocenters. The molecular formula is C12H17N3O2. The Balaban J connectivity index is 2.66. The summed E-state index contributed by atoms with van der Waals surface area (Å²) < 4.78 is 5.55. The Morgan fingerprint density at radius 1 is 1.18 bits per heavy atom. The summed E-state index contributed by atoms with van der Waals surface area (Å²) in [5.41, 5.74) is 7.62. The quantitative estimate of drug-likeness (QED) is 0.464. The molecule has 0 unspecified atom stereocenters. The molecule has 0 saturated carbocycles. The van der Waals surface area contributed by atoms with Crippen molar-refractivity contribution in [3.05, 3.63) is 29.3 Å². The Bertz CT molecular complexity index is 461. The maximum atomic E-state index is 11.9. The zero-order chi connectivity index (χ0) is 12.8. The Kier molecular flexibility index (Phi) is 2.60. The van der Waals surface area contributed by atoms with Gasteiger partial charge < -0.3 is 10.5 Å². The van der Waals surface area contributed by atoms with Gasteiger partial charge in [-0.1, -0.05) is 0 Å². The van der Waals surface area contributed by atoms with Crippen LogP contribution in [0.2, 0.25) is 0 Å². The molecule has 1 aromatic carbocycles. The molecule has 1 aliphatic rings. The van der Waals surface area contributed by atoms with E-state index in [1.807, 2.05) is 44.1 Å². The van der Waals surface area contributed by atoms with Gasteiger partial charge in [0.15, 0.2) is 0 Å². The van der Waals surface area contributed by atoms with E-state index in [0.29, 0.717) is 11.3 Å². The smallest absolute Gasteiger partial charge is 0.341 e. The summed E-state index contributed by atoms with van der Waals surface area (Å²) in [4.78, 5) is 15.6. The van der Waals surface area contributed by atoms with E-state index in [1.165, 1.54) is 0 Å². The first-order valence-electron chi connectivity index (χ1n) is 5.38. The van der Waals surface area contributed by atoms with Gasteiger partial charge in [-0.2, -0.15) is 0 Å². The SMILES string of the molecule is CN(C)C1(N(C)C)OC(=O)c2cc(N)ccc21. The third kappa shape index (κ3) is 1.50. The van der Waals surface area contributed by atoms with Crippen molar-refractivity contribution in [2.75, 3.05) is 33.9 Å². The van der Waals surface area contributed by atoms with Gasteiger partial charge in [-0.05, 0) is 46.4 Å². The molecule has 1 aliphatic heterocycles. The lowest BCUT2D eigenvalue weighted by Crippen LogP contribution is -2.52. The topological polar surface area (TPSA) is 58.8 Å². The molecule has 17 heavy (non-hydrogen) atoms. The molecule has 5 heteroatoms. The lowest BCUT2D eigenvalue weighted by Gasteiger charge is -2.40. The first-order chi connectivity index (χ1) is 7.89. The number of benzene rings is 1. The molecular weight excluding hydrogens is 218 g/mol. The van der Waals surface area contributed by atoms with Crippen LogP contribution in [0.4, 0.5) is 5.69 Å². The van der Waals surface area contributed by atoms with Gasteiger partial charge in [0.25, 0.3) is 5.85 Å². The summed E-state index contributed by atoms with van der Waals surface area (Å²) in [6.45, 7) is 0. The molecule has 0 spiro atoms. The number of nitrogens with two attached hydrogens (primary N) is 1. The highest BCUT2D eigenvalue weighted by Gasteiger charge is 2.49. The molecule has 1 heterocycles. The number of cyclic esters (lactones) is 1. The van der Waals surface area contributed by atoms with Crippen LogP contribution in [0.25, 0.3) is 0 Å². The molecule has 0 amide bonds. The van der Waals surface area contributed by atoms with Gasteiger partial charge in [0, 0.05) is 11.3 Å². The highest BCUT2D eigenvalue weighted by atomic mass is 16.6. The maximum absolute atomic E-state index is 11.9. The normalized spacial score (nSPS) is 17.4. The van der Waals surface area contributed by atoms with Crippen molar-refractivity contribution in [1.29, 1.82) is 0 Å². The number of rotatable bonds is 2. The van der Waals surface area contributed by atoms with E-state index in [0.717, 1.165) is 5.56 Å². The zero-order valence-corrected chi connectivity index (χ0v) is 10.5. The van der Waals surface area contributed by atoms with Crippen molar-refractivity contribution in [1.82, 2.24) is 9.80 Å².